The van der Waals surface area contributed by atoms with Crippen molar-refractivity contribution in [3.63, 3.8) is 0 Å². The van der Waals surface area contributed by atoms with Crippen molar-refractivity contribution in [2.75, 3.05) is 11.9 Å². The van der Waals surface area contributed by atoms with E-state index in [1.54, 1.807) is 43.3 Å². The van der Waals surface area contributed by atoms with E-state index < -0.39 is 15.9 Å². The number of carbonyl (C=O) groups is 1. The van der Waals surface area contributed by atoms with E-state index in [0.717, 1.165) is 0 Å². The highest BCUT2D eigenvalue weighted by Gasteiger charge is 2.17. The molecule has 0 spiro atoms. The summed E-state index contributed by atoms with van der Waals surface area (Å²) < 4.78 is 33.0. The molecule has 0 fully saturated rings. The summed E-state index contributed by atoms with van der Waals surface area (Å²) in [5.41, 5.74) is 0.932. The number of rotatable bonds is 9. The zero-order valence-corrected chi connectivity index (χ0v) is 19.8. The Morgan fingerprint density at radius 3 is 2.32 bits per heavy atom. The van der Waals surface area contributed by atoms with Gasteiger partial charge in [0, 0.05) is 11.7 Å². The highest BCUT2D eigenvalue weighted by atomic mass is 32.2. The van der Waals surface area contributed by atoms with Crippen molar-refractivity contribution in [3.05, 3.63) is 54.1 Å². The average molecular weight is 464 g/mol. The van der Waals surface area contributed by atoms with Gasteiger partial charge < -0.3 is 10.1 Å². The van der Waals surface area contributed by atoms with Crippen molar-refractivity contribution < 1.29 is 17.9 Å². The van der Waals surface area contributed by atoms with Gasteiger partial charge in [0.05, 0.1) is 17.1 Å². The second kappa shape index (κ2) is 11.2. The van der Waals surface area contributed by atoms with Crippen LogP contribution in [-0.4, -0.2) is 32.1 Å². The zero-order valence-electron chi connectivity index (χ0n) is 18.1. The van der Waals surface area contributed by atoms with Crippen LogP contribution in [0.2, 0.25) is 0 Å². The van der Waals surface area contributed by atoms with Crippen LogP contribution in [0.25, 0.3) is 0 Å². The number of thiocarbonyl (C=S) groups is 1. The number of hydrogen-bond donors (Lipinski definition) is 3. The first-order valence-electron chi connectivity index (χ1n) is 10.1. The van der Waals surface area contributed by atoms with Crippen LogP contribution in [0.5, 0.6) is 5.75 Å². The maximum absolute atomic E-state index is 12.6. The van der Waals surface area contributed by atoms with Crippen molar-refractivity contribution in [1.82, 2.24) is 10.0 Å². The third kappa shape index (κ3) is 7.61. The fraction of sp³-hybridized carbons (Fsp3) is 0.364. The van der Waals surface area contributed by atoms with Gasteiger partial charge in [0.25, 0.3) is 5.91 Å². The number of para-hydroxylation sites is 1. The van der Waals surface area contributed by atoms with Gasteiger partial charge in [0.15, 0.2) is 5.11 Å². The molecule has 31 heavy (non-hydrogen) atoms. The third-order valence-electron chi connectivity index (χ3n) is 4.32. The Morgan fingerprint density at radius 2 is 1.71 bits per heavy atom. The molecule has 0 aliphatic carbocycles. The molecule has 1 atom stereocenters. The van der Waals surface area contributed by atoms with E-state index in [0.29, 0.717) is 35.9 Å². The second-order valence-electron chi connectivity index (χ2n) is 7.56. The Labute approximate surface area is 189 Å². The van der Waals surface area contributed by atoms with Crippen LogP contribution in [0, 0.1) is 5.92 Å². The summed E-state index contributed by atoms with van der Waals surface area (Å²) in [6.45, 7) is 8.26. The molecular formula is C22H29N3O4S2. The Bertz CT molecular complexity index is 1010. The summed E-state index contributed by atoms with van der Waals surface area (Å²) in [5, 5.41) is 5.60. The van der Waals surface area contributed by atoms with Crippen LogP contribution in [0.1, 0.15) is 44.5 Å². The minimum atomic E-state index is -3.58. The summed E-state index contributed by atoms with van der Waals surface area (Å²) in [6, 6.07) is 12.9. The molecule has 0 bridgehead atoms. The molecule has 168 valence electrons. The van der Waals surface area contributed by atoms with Gasteiger partial charge in [-0.1, -0.05) is 32.9 Å². The number of hydrogen-bond acceptors (Lipinski definition) is 5. The lowest BCUT2D eigenvalue weighted by Crippen LogP contribution is -2.34. The monoisotopic (exact) mass is 463 g/mol. The molecular weight excluding hydrogens is 434 g/mol. The van der Waals surface area contributed by atoms with Crippen molar-refractivity contribution in [3.8, 4) is 5.75 Å². The van der Waals surface area contributed by atoms with Crippen molar-refractivity contribution in [2.24, 2.45) is 5.92 Å². The highest BCUT2D eigenvalue weighted by molar-refractivity contribution is 7.89. The summed E-state index contributed by atoms with van der Waals surface area (Å²) in [4.78, 5) is 12.8. The number of sulfonamides is 1. The SMILES string of the molecule is CCC(C)NS(=O)(=O)c1ccc(NC(=S)NC(=O)c2ccccc2OCC(C)C)cc1. The van der Waals surface area contributed by atoms with Gasteiger partial charge in [-0.2, -0.15) is 0 Å². The summed E-state index contributed by atoms with van der Waals surface area (Å²) in [5.74, 6) is 0.416. The smallest absolute Gasteiger partial charge is 0.261 e. The second-order valence-corrected chi connectivity index (χ2v) is 9.69. The molecule has 2 rings (SSSR count). The summed E-state index contributed by atoms with van der Waals surface area (Å²) in [6.07, 6.45) is 0.693. The van der Waals surface area contributed by atoms with E-state index in [1.807, 2.05) is 20.8 Å². The lowest BCUT2D eigenvalue weighted by atomic mass is 10.2. The maximum atomic E-state index is 12.6. The first-order chi connectivity index (χ1) is 14.6. The molecule has 0 aromatic heterocycles. The fourth-order valence-corrected chi connectivity index (χ4v) is 4.04. The van der Waals surface area contributed by atoms with E-state index in [4.69, 9.17) is 17.0 Å². The molecule has 1 unspecified atom stereocenters. The Hall–Kier alpha value is -2.49. The maximum Gasteiger partial charge on any atom is 0.261 e. The molecule has 2 aromatic rings. The molecule has 7 nitrogen and oxygen atoms in total. The normalized spacial score (nSPS) is 12.3. The minimum absolute atomic E-state index is 0.0944. The predicted octanol–water partition coefficient (Wildman–Crippen LogP) is 3.93. The summed E-state index contributed by atoms with van der Waals surface area (Å²) >= 11 is 5.23. The Morgan fingerprint density at radius 1 is 1.06 bits per heavy atom. The molecule has 0 saturated heterocycles. The molecule has 3 N–H and O–H groups in total. The first kappa shape index (κ1) is 24.8. The largest absolute Gasteiger partial charge is 0.492 e. The quantitative estimate of drug-likeness (QED) is 0.488. The topological polar surface area (TPSA) is 96.5 Å². The minimum Gasteiger partial charge on any atom is -0.492 e. The van der Waals surface area contributed by atoms with Gasteiger partial charge >= 0.3 is 0 Å². The van der Waals surface area contributed by atoms with Gasteiger partial charge in [-0.05, 0) is 67.9 Å². The summed E-state index contributed by atoms with van der Waals surface area (Å²) in [7, 11) is -3.58. The number of benzene rings is 2. The molecule has 2 aromatic carbocycles. The lowest BCUT2D eigenvalue weighted by Gasteiger charge is -2.14. The number of amides is 1. The van der Waals surface area contributed by atoms with Gasteiger partial charge in [-0.15, -0.1) is 0 Å². The van der Waals surface area contributed by atoms with Crippen molar-refractivity contribution in [1.29, 1.82) is 0 Å². The van der Waals surface area contributed by atoms with Gasteiger partial charge in [0.2, 0.25) is 10.0 Å². The van der Waals surface area contributed by atoms with Gasteiger partial charge in [0.1, 0.15) is 5.75 Å². The number of ether oxygens (including phenoxy) is 1. The van der Waals surface area contributed by atoms with Crippen molar-refractivity contribution >= 4 is 38.9 Å². The van der Waals surface area contributed by atoms with E-state index in [9.17, 15) is 13.2 Å². The van der Waals surface area contributed by atoms with Crippen LogP contribution in [0.15, 0.2) is 53.4 Å². The number of anilines is 1. The van der Waals surface area contributed by atoms with E-state index in [-0.39, 0.29) is 16.0 Å². The number of carbonyl (C=O) groups excluding carboxylic acids is 1. The third-order valence-corrected chi connectivity index (χ3v) is 6.13. The predicted molar refractivity (Wildman–Crippen MR) is 127 cm³/mol. The highest BCUT2D eigenvalue weighted by Crippen LogP contribution is 2.19. The van der Waals surface area contributed by atoms with Crippen LogP contribution >= 0.6 is 12.2 Å². The van der Waals surface area contributed by atoms with E-state index >= 15 is 0 Å². The molecule has 1 amide bonds. The number of nitrogens with one attached hydrogen (secondary N) is 3. The lowest BCUT2D eigenvalue weighted by molar-refractivity contribution is 0.0973. The van der Waals surface area contributed by atoms with Crippen LogP contribution < -0.4 is 20.1 Å². The molecule has 0 aliphatic heterocycles. The molecule has 0 heterocycles. The zero-order chi connectivity index (χ0) is 23.0. The van der Waals surface area contributed by atoms with Gasteiger partial charge in [-0.25, -0.2) is 13.1 Å². The molecule has 0 saturated carbocycles. The van der Waals surface area contributed by atoms with Crippen LogP contribution in [0.4, 0.5) is 5.69 Å². The molecule has 0 aliphatic rings. The fourth-order valence-electron chi connectivity index (χ4n) is 2.50. The standard InChI is InChI=1S/C22H29N3O4S2/c1-5-16(4)25-31(27,28)18-12-10-17(11-13-18)23-22(30)24-21(26)19-8-6-7-9-20(19)29-14-15(2)3/h6-13,15-16,25H,5,14H2,1-4H3,(H2,23,24,26,30). The first-order valence-corrected chi connectivity index (χ1v) is 12.0. The van der Waals surface area contributed by atoms with E-state index in [1.165, 1.54) is 12.1 Å². The molecule has 0 radical (unpaired) electrons. The van der Waals surface area contributed by atoms with Gasteiger partial charge in [-0.3, -0.25) is 10.1 Å². The van der Waals surface area contributed by atoms with Crippen LogP contribution in [-0.2, 0) is 10.0 Å². The van der Waals surface area contributed by atoms with Crippen LogP contribution in [0.3, 0.4) is 0 Å². The van der Waals surface area contributed by atoms with Crippen molar-refractivity contribution in [2.45, 2.75) is 45.1 Å². The van der Waals surface area contributed by atoms with E-state index in [2.05, 4.69) is 15.4 Å². The average Bonchev–Trinajstić information content (AvgIpc) is 2.72. The Kier molecular flexibility index (Phi) is 8.97. The molecule has 9 heteroatoms. The Balaban J connectivity index is 2.01.